The number of sulfonamides is 1. The van der Waals surface area contributed by atoms with Gasteiger partial charge in [0.2, 0.25) is 10.0 Å². The molecule has 1 atom stereocenters. The van der Waals surface area contributed by atoms with E-state index in [1.54, 1.807) is 0 Å². The number of esters is 1. The summed E-state index contributed by atoms with van der Waals surface area (Å²) in [4.78, 5) is 11.1. The number of rotatable bonds is 4. The molecule has 1 aromatic rings. The number of carbonyl (C=O) groups is 1. The van der Waals surface area contributed by atoms with E-state index >= 15 is 0 Å². The molecule has 0 aliphatic rings. The first-order chi connectivity index (χ1) is 8.40. The Labute approximate surface area is 105 Å². The number of nitriles is 1. The minimum atomic E-state index is -3.80. The molecule has 1 N–H and O–H groups in total. The fourth-order valence-electron chi connectivity index (χ4n) is 1.23. The van der Waals surface area contributed by atoms with E-state index in [1.165, 1.54) is 38.3 Å². The van der Waals surface area contributed by atoms with Gasteiger partial charge in [-0.15, -0.1) is 0 Å². The summed E-state index contributed by atoms with van der Waals surface area (Å²) >= 11 is 0. The topological polar surface area (TPSA) is 96.3 Å². The Morgan fingerprint density at radius 2 is 1.94 bits per heavy atom. The van der Waals surface area contributed by atoms with E-state index in [0.717, 1.165) is 0 Å². The first-order valence-electron chi connectivity index (χ1n) is 5.01. The average molecular weight is 268 g/mol. The molecule has 7 heteroatoms. The Bertz CT molecular complexity index is 572. The van der Waals surface area contributed by atoms with Crippen LogP contribution < -0.4 is 4.72 Å². The number of hydrogen-bond donors (Lipinski definition) is 1. The first kappa shape index (κ1) is 14.2. The van der Waals surface area contributed by atoms with Crippen molar-refractivity contribution in [2.75, 3.05) is 7.11 Å². The van der Waals surface area contributed by atoms with Crippen molar-refractivity contribution in [1.29, 1.82) is 5.26 Å². The van der Waals surface area contributed by atoms with Crippen molar-refractivity contribution in [3.63, 3.8) is 0 Å². The van der Waals surface area contributed by atoms with Crippen molar-refractivity contribution in [2.24, 2.45) is 0 Å². The Morgan fingerprint density at radius 3 is 2.39 bits per heavy atom. The van der Waals surface area contributed by atoms with Crippen LogP contribution in [0.3, 0.4) is 0 Å². The van der Waals surface area contributed by atoms with Gasteiger partial charge < -0.3 is 4.74 Å². The quantitative estimate of drug-likeness (QED) is 0.797. The van der Waals surface area contributed by atoms with Gasteiger partial charge in [0.15, 0.2) is 0 Å². The van der Waals surface area contributed by atoms with Gasteiger partial charge in [-0.3, -0.25) is 4.79 Å². The smallest absolute Gasteiger partial charge is 0.323 e. The monoisotopic (exact) mass is 268 g/mol. The average Bonchev–Trinajstić information content (AvgIpc) is 2.37. The van der Waals surface area contributed by atoms with E-state index in [2.05, 4.69) is 9.46 Å². The number of carbonyl (C=O) groups excluding carboxylic acids is 1. The minimum Gasteiger partial charge on any atom is -0.468 e. The molecule has 96 valence electrons. The number of benzene rings is 1. The third-order valence-corrected chi connectivity index (χ3v) is 3.74. The van der Waals surface area contributed by atoms with Crippen molar-refractivity contribution in [2.45, 2.75) is 17.9 Å². The van der Waals surface area contributed by atoms with Crippen molar-refractivity contribution in [1.82, 2.24) is 4.72 Å². The summed E-state index contributed by atoms with van der Waals surface area (Å²) in [5, 5.41) is 8.61. The van der Waals surface area contributed by atoms with Crippen LogP contribution in [0, 0.1) is 11.3 Å². The van der Waals surface area contributed by atoms with Crippen LogP contribution in [0.4, 0.5) is 0 Å². The van der Waals surface area contributed by atoms with Crippen molar-refractivity contribution in [3.05, 3.63) is 29.8 Å². The molecule has 1 rings (SSSR count). The molecule has 0 amide bonds. The predicted molar refractivity (Wildman–Crippen MR) is 63.0 cm³/mol. The molecular formula is C11H12N2O4S. The highest BCUT2D eigenvalue weighted by molar-refractivity contribution is 7.89. The van der Waals surface area contributed by atoms with Crippen molar-refractivity contribution >= 4 is 16.0 Å². The maximum atomic E-state index is 11.9. The minimum absolute atomic E-state index is 0.0164. The van der Waals surface area contributed by atoms with Crippen LogP contribution in [0.5, 0.6) is 0 Å². The molecule has 0 radical (unpaired) electrons. The van der Waals surface area contributed by atoms with Crippen LogP contribution in [-0.2, 0) is 19.6 Å². The lowest BCUT2D eigenvalue weighted by molar-refractivity contribution is -0.142. The normalized spacial score (nSPS) is 12.5. The van der Waals surface area contributed by atoms with Gasteiger partial charge in [0.25, 0.3) is 0 Å². The summed E-state index contributed by atoms with van der Waals surface area (Å²) in [6, 6.07) is 6.27. The molecule has 6 nitrogen and oxygen atoms in total. The SMILES string of the molecule is COC(=O)C(C)NS(=O)(=O)c1ccc(C#N)cc1. The fraction of sp³-hybridized carbons (Fsp3) is 0.273. The highest BCUT2D eigenvalue weighted by Crippen LogP contribution is 2.10. The molecule has 0 saturated carbocycles. The summed E-state index contributed by atoms with van der Waals surface area (Å²) in [7, 11) is -2.62. The number of nitrogens with one attached hydrogen (secondary N) is 1. The third-order valence-electron chi connectivity index (χ3n) is 2.18. The van der Waals surface area contributed by atoms with Crippen LogP contribution in [0.1, 0.15) is 12.5 Å². The van der Waals surface area contributed by atoms with E-state index in [0.29, 0.717) is 5.56 Å². The molecule has 0 aromatic heterocycles. The summed E-state index contributed by atoms with van der Waals surface area (Å²) < 4.78 is 30.3. The number of nitrogens with zero attached hydrogens (tertiary/aromatic N) is 1. The summed E-state index contributed by atoms with van der Waals surface area (Å²) in [6.07, 6.45) is 0. The molecule has 0 spiro atoms. The Kier molecular flexibility index (Phi) is 4.42. The van der Waals surface area contributed by atoms with Gasteiger partial charge in [-0.05, 0) is 31.2 Å². The van der Waals surface area contributed by atoms with Crippen LogP contribution in [-0.4, -0.2) is 27.5 Å². The lowest BCUT2D eigenvalue weighted by Crippen LogP contribution is -2.39. The third kappa shape index (κ3) is 3.29. The van der Waals surface area contributed by atoms with Gasteiger partial charge in [0.05, 0.1) is 23.6 Å². The highest BCUT2D eigenvalue weighted by atomic mass is 32.2. The van der Waals surface area contributed by atoms with Crippen molar-refractivity contribution in [3.8, 4) is 6.07 Å². The predicted octanol–water partition coefficient (Wildman–Crippen LogP) is 0.398. The molecule has 0 aliphatic heterocycles. The second-order valence-electron chi connectivity index (χ2n) is 3.50. The van der Waals surface area contributed by atoms with Crippen LogP contribution in [0.25, 0.3) is 0 Å². The first-order valence-corrected chi connectivity index (χ1v) is 6.49. The zero-order chi connectivity index (χ0) is 13.8. The molecule has 0 saturated heterocycles. The second kappa shape index (κ2) is 5.62. The molecule has 1 aromatic carbocycles. The number of methoxy groups -OCH3 is 1. The van der Waals surface area contributed by atoms with E-state index in [1.807, 2.05) is 6.07 Å². The molecule has 0 aliphatic carbocycles. The Hall–Kier alpha value is -1.91. The molecular weight excluding hydrogens is 256 g/mol. The second-order valence-corrected chi connectivity index (χ2v) is 5.22. The number of ether oxygens (including phenoxy) is 1. The van der Waals surface area contributed by atoms with E-state index in [-0.39, 0.29) is 4.90 Å². The standard InChI is InChI=1S/C11H12N2O4S/c1-8(11(14)17-2)13-18(15,16)10-5-3-9(7-12)4-6-10/h3-6,8,13H,1-2H3. The van der Waals surface area contributed by atoms with Gasteiger partial charge in [-0.2, -0.15) is 9.98 Å². The van der Waals surface area contributed by atoms with Gasteiger partial charge in [-0.1, -0.05) is 0 Å². The lowest BCUT2D eigenvalue weighted by Gasteiger charge is -2.11. The van der Waals surface area contributed by atoms with Gasteiger partial charge >= 0.3 is 5.97 Å². The zero-order valence-corrected chi connectivity index (χ0v) is 10.7. The molecule has 1 unspecified atom stereocenters. The fourth-order valence-corrected chi connectivity index (χ4v) is 2.43. The summed E-state index contributed by atoms with van der Waals surface area (Å²) in [6.45, 7) is 1.38. The van der Waals surface area contributed by atoms with Crippen LogP contribution in [0.15, 0.2) is 29.2 Å². The van der Waals surface area contributed by atoms with Crippen molar-refractivity contribution < 1.29 is 17.9 Å². The van der Waals surface area contributed by atoms with E-state index in [9.17, 15) is 13.2 Å². The lowest BCUT2D eigenvalue weighted by atomic mass is 10.2. The van der Waals surface area contributed by atoms with Gasteiger partial charge in [0.1, 0.15) is 6.04 Å². The maximum Gasteiger partial charge on any atom is 0.323 e. The molecule has 0 bridgehead atoms. The zero-order valence-electron chi connectivity index (χ0n) is 9.88. The van der Waals surface area contributed by atoms with E-state index in [4.69, 9.17) is 5.26 Å². The van der Waals surface area contributed by atoms with Crippen LogP contribution >= 0.6 is 0 Å². The van der Waals surface area contributed by atoms with E-state index < -0.39 is 22.0 Å². The van der Waals surface area contributed by atoms with Crippen LogP contribution in [0.2, 0.25) is 0 Å². The maximum absolute atomic E-state index is 11.9. The summed E-state index contributed by atoms with van der Waals surface area (Å²) in [5.74, 6) is -0.674. The molecule has 0 heterocycles. The Morgan fingerprint density at radius 1 is 1.39 bits per heavy atom. The van der Waals surface area contributed by atoms with Gasteiger partial charge in [0, 0.05) is 0 Å². The Balaban J connectivity index is 2.93. The van der Waals surface area contributed by atoms with Gasteiger partial charge in [-0.25, -0.2) is 8.42 Å². The number of hydrogen-bond acceptors (Lipinski definition) is 5. The molecule has 18 heavy (non-hydrogen) atoms. The largest absolute Gasteiger partial charge is 0.468 e. The highest BCUT2D eigenvalue weighted by Gasteiger charge is 2.22. The molecule has 0 fully saturated rings. The summed E-state index contributed by atoms with van der Waals surface area (Å²) in [5.41, 5.74) is 0.356.